The van der Waals surface area contributed by atoms with E-state index in [1.807, 2.05) is 0 Å². The maximum atomic E-state index is 4.62. The molecule has 0 amide bonds. The van der Waals surface area contributed by atoms with Crippen molar-refractivity contribution in [1.29, 1.82) is 0 Å². The third-order valence-corrected chi connectivity index (χ3v) is 4.66. The normalized spacial score (nSPS) is 22.1. The van der Waals surface area contributed by atoms with Gasteiger partial charge in [-0.05, 0) is 32.1 Å². The fourth-order valence-electron chi connectivity index (χ4n) is 3.54. The molecular formula is C17H30N4. The van der Waals surface area contributed by atoms with E-state index in [1.165, 1.54) is 31.2 Å². The molecule has 1 aromatic rings. The maximum Gasteiger partial charge on any atom is 0.137 e. The van der Waals surface area contributed by atoms with Gasteiger partial charge in [-0.15, -0.1) is 0 Å². The number of hydrogen-bond donors (Lipinski definition) is 1. The molecule has 21 heavy (non-hydrogen) atoms. The van der Waals surface area contributed by atoms with E-state index in [2.05, 4.69) is 48.0 Å². The Balaban J connectivity index is 2.30. The summed E-state index contributed by atoms with van der Waals surface area (Å²) < 4.78 is 0. The van der Waals surface area contributed by atoms with Gasteiger partial charge in [0, 0.05) is 25.2 Å². The van der Waals surface area contributed by atoms with E-state index < -0.39 is 0 Å². The molecule has 0 aromatic carbocycles. The fraction of sp³-hybridized carbons (Fsp3) is 0.765. The first-order valence-corrected chi connectivity index (χ1v) is 8.49. The van der Waals surface area contributed by atoms with E-state index in [9.17, 15) is 0 Å². The minimum atomic E-state index is 0.610. The Bertz CT molecular complexity index is 446. The van der Waals surface area contributed by atoms with Crippen molar-refractivity contribution in [3.63, 3.8) is 0 Å². The van der Waals surface area contributed by atoms with Crippen LogP contribution in [0, 0.1) is 5.92 Å². The van der Waals surface area contributed by atoms with Crippen molar-refractivity contribution in [1.82, 2.24) is 9.97 Å². The molecule has 4 nitrogen and oxygen atoms in total. The van der Waals surface area contributed by atoms with Gasteiger partial charge < -0.3 is 10.2 Å². The summed E-state index contributed by atoms with van der Waals surface area (Å²) in [5.41, 5.74) is 1.28. The highest BCUT2D eigenvalue weighted by molar-refractivity contribution is 5.59. The number of hydrogen-bond acceptors (Lipinski definition) is 4. The van der Waals surface area contributed by atoms with Crippen LogP contribution in [-0.2, 0) is 6.42 Å². The molecule has 2 unspecified atom stereocenters. The minimum Gasteiger partial charge on any atom is -0.370 e. The van der Waals surface area contributed by atoms with Crippen LogP contribution in [0.1, 0.15) is 58.4 Å². The van der Waals surface area contributed by atoms with E-state index in [0.29, 0.717) is 6.04 Å². The maximum absolute atomic E-state index is 4.62. The van der Waals surface area contributed by atoms with Crippen molar-refractivity contribution in [2.24, 2.45) is 5.92 Å². The Morgan fingerprint density at radius 2 is 2.00 bits per heavy atom. The Morgan fingerprint density at radius 1 is 1.24 bits per heavy atom. The predicted molar refractivity (Wildman–Crippen MR) is 90.0 cm³/mol. The van der Waals surface area contributed by atoms with Gasteiger partial charge in [-0.25, -0.2) is 9.97 Å². The number of aromatic nitrogens is 2. The molecule has 1 aromatic heterocycles. The molecule has 1 aliphatic carbocycles. The molecule has 0 bridgehead atoms. The molecule has 1 aliphatic rings. The van der Waals surface area contributed by atoms with Crippen LogP contribution in [0.25, 0.3) is 0 Å². The Hall–Kier alpha value is -1.32. The van der Waals surface area contributed by atoms with Crippen LogP contribution >= 0.6 is 0 Å². The summed E-state index contributed by atoms with van der Waals surface area (Å²) in [5, 5.41) is 3.39. The first-order chi connectivity index (χ1) is 10.2. The van der Waals surface area contributed by atoms with E-state index >= 15 is 0 Å². The van der Waals surface area contributed by atoms with Gasteiger partial charge in [0.1, 0.15) is 18.0 Å². The molecule has 0 spiro atoms. The van der Waals surface area contributed by atoms with Gasteiger partial charge in [0.2, 0.25) is 0 Å². The third kappa shape index (κ3) is 3.66. The van der Waals surface area contributed by atoms with Crippen LogP contribution in [0.2, 0.25) is 0 Å². The van der Waals surface area contributed by atoms with Gasteiger partial charge in [0.15, 0.2) is 0 Å². The van der Waals surface area contributed by atoms with E-state index in [0.717, 1.165) is 36.9 Å². The summed E-state index contributed by atoms with van der Waals surface area (Å²) >= 11 is 0. The highest BCUT2D eigenvalue weighted by atomic mass is 15.2. The highest BCUT2D eigenvalue weighted by Crippen LogP contribution is 2.32. The summed E-state index contributed by atoms with van der Waals surface area (Å²) in [6.45, 7) is 7.61. The number of rotatable bonds is 6. The second-order valence-corrected chi connectivity index (χ2v) is 6.24. The second kappa shape index (κ2) is 7.62. The van der Waals surface area contributed by atoms with Crippen molar-refractivity contribution in [2.75, 3.05) is 23.8 Å². The SMILES string of the molecule is CCCc1c(NCC)ncnc1N(C)C1CCCCC1C. The van der Waals surface area contributed by atoms with E-state index in [4.69, 9.17) is 0 Å². The largest absolute Gasteiger partial charge is 0.370 e. The van der Waals surface area contributed by atoms with Crippen LogP contribution in [0.4, 0.5) is 11.6 Å². The molecule has 4 heteroatoms. The van der Waals surface area contributed by atoms with Crippen LogP contribution in [0.3, 0.4) is 0 Å². The summed E-state index contributed by atoms with van der Waals surface area (Å²) in [6, 6.07) is 0.610. The van der Waals surface area contributed by atoms with E-state index in [-0.39, 0.29) is 0 Å². The van der Waals surface area contributed by atoms with Crippen LogP contribution < -0.4 is 10.2 Å². The minimum absolute atomic E-state index is 0.610. The molecule has 0 saturated heterocycles. The van der Waals surface area contributed by atoms with Gasteiger partial charge in [0.05, 0.1) is 0 Å². The Kier molecular flexibility index (Phi) is 5.83. The second-order valence-electron chi connectivity index (χ2n) is 6.24. The predicted octanol–water partition coefficient (Wildman–Crippen LogP) is 3.88. The van der Waals surface area contributed by atoms with Gasteiger partial charge in [-0.1, -0.05) is 33.1 Å². The first kappa shape index (κ1) is 16.1. The lowest BCUT2D eigenvalue weighted by molar-refractivity contribution is 0.320. The Labute approximate surface area is 129 Å². The van der Waals surface area contributed by atoms with Crippen LogP contribution in [0.15, 0.2) is 6.33 Å². The fourth-order valence-corrected chi connectivity index (χ4v) is 3.54. The third-order valence-electron chi connectivity index (χ3n) is 4.66. The summed E-state index contributed by atoms with van der Waals surface area (Å²) in [5.74, 6) is 2.89. The molecule has 2 atom stereocenters. The van der Waals surface area contributed by atoms with E-state index in [1.54, 1.807) is 6.33 Å². The summed E-state index contributed by atoms with van der Waals surface area (Å²) in [4.78, 5) is 11.5. The van der Waals surface area contributed by atoms with Crippen molar-refractivity contribution < 1.29 is 0 Å². The molecule has 0 aliphatic heterocycles. The topological polar surface area (TPSA) is 41.1 Å². The molecule has 1 heterocycles. The first-order valence-electron chi connectivity index (χ1n) is 8.49. The number of anilines is 2. The average molecular weight is 290 g/mol. The zero-order valence-electron chi connectivity index (χ0n) is 14.0. The lowest BCUT2D eigenvalue weighted by Crippen LogP contribution is -2.40. The lowest BCUT2D eigenvalue weighted by Gasteiger charge is -2.38. The molecule has 1 fully saturated rings. The van der Waals surface area contributed by atoms with Crippen molar-refractivity contribution >= 4 is 11.6 Å². The average Bonchev–Trinajstić information content (AvgIpc) is 2.49. The molecular weight excluding hydrogens is 260 g/mol. The molecule has 1 saturated carbocycles. The zero-order chi connectivity index (χ0) is 15.2. The molecule has 2 rings (SSSR count). The van der Waals surface area contributed by atoms with Crippen LogP contribution in [0.5, 0.6) is 0 Å². The van der Waals surface area contributed by atoms with Crippen LogP contribution in [-0.4, -0.2) is 29.6 Å². The smallest absolute Gasteiger partial charge is 0.137 e. The number of nitrogens with one attached hydrogen (secondary N) is 1. The Morgan fingerprint density at radius 3 is 2.67 bits per heavy atom. The van der Waals surface area contributed by atoms with Gasteiger partial charge >= 0.3 is 0 Å². The summed E-state index contributed by atoms with van der Waals surface area (Å²) in [7, 11) is 2.21. The number of nitrogens with zero attached hydrogens (tertiary/aromatic N) is 3. The van der Waals surface area contributed by atoms with Crippen molar-refractivity contribution in [3.05, 3.63) is 11.9 Å². The monoisotopic (exact) mass is 290 g/mol. The lowest BCUT2D eigenvalue weighted by atomic mass is 9.85. The van der Waals surface area contributed by atoms with Gasteiger partial charge in [0.25, 0.3) is 0 Å². The van der Waals surface area contributed by atoms with Gasteiger partial charge in [-0.2, -0.15) is 0 Å². The molecule has 118 valence electrons. The summed E-state index contributed by atoms with van der Waals surface area (Å²) in [6.07, 6.45) is 9.19. The van der Waals surface area contributed by atoms with Crippen molar-refractivity contribution in [3.8, 4) is 0 Å². The quantitative estimate of drug-likeness (QED) is 0.863. The van der Waals surface area contributed by atoms with Gasteiger partial charge in [-0.3, -0.25) is 0 Å². The standard InChI is InChI=1S/C17H30N4/c1-5-9-14-16(18-6-2)19-12-20-17(14)21(4)15-11-8-7-10-13(15)3/h12-13,15H,5-11H2,1-4H3,(H,18,19,20). The molecule has 0 radical (unpaired) electrons. The highest BCUT2D eigenvalue weighted by Gasteiger charge is 2.27. The zero-order valence-corrected chi connectivity index (χ0v) is 14.0. The molecule has 1 N–H and O–H groups in total. The van der Waals surface area contributed by atoms with Crippen molar-refractivity contribution in [2.45, 2.75) is 65.3 Å².